The van der Waals surface area contributed by atoms with Gasteiger partial charge in [-0.1, -0.05) is 12.1 Å². The van der Waals surface area contributed by atoms with Gasteiger partial charge in [-0.25, -0.2) is 0 Å². The maximum atomic E-state index is 12.0. The summed E-state index contributed by atoms with van der Waals surface area (Å²) in [6, 6.07) is 5.64. The predicted octanol–water partition coefficient (Wildman–Crippen LogP) is 0.538. The number of carbonyl (C=O) groups excluding carboxylic acids is 1. The van der Waals surface area contributed by atoms with Gasteiger partial charge in [-0.2, -0.15) is 0 Å². The van der Waals surface area contributed by atoms with Gasteiger partial charge >= 0.3 is 0 Å². The molecule has 2 aliphatic rings. The van der Waals surface area contributed by atoms with Gasteiger partial charge in [-0.05, 0) is 18.9 Å². The highest BCUT2D eigenvalue weighted by Gasteiger charge is 2.29. The number of amides is 1. The van der Waals surface area contributed by atoms with Crippen LogP contribution in [0.1, 0.15) is 18.4 Å². The molecule has 0 saturated carbocycles. The Bertz CT molecular complexity index is 506. The van der Waals surface area contributed by atoms with Crippen LogP contribution in [0.25, 0.3) is 0 Å². The van der Waals surface area contributed by atoms with E-state index >= 15 is 0 Å². The minimum Gasteiger partial charge on any atom is -0.454 e. The molecule has 0 aliphatic carbocycles. The molecule has 0 radical (unpaired) electrons. The molecule has 1 aromatic rings. The van der Waals surface area contributed by atoms with E-state index in [1.807, 2.05) is 18.2 Å². The summed E-state index contributed by atoms with van der Waals surface area (Å²) in [5.41, 5.74) is 6.44. The van der Waals surface area contributed by atoms with Crippen LogP contribution in [0.3, 0.4) is 0 Å². The smallest absolute Gasteiger partial charge is 0.249 e. The molecule has 6 heteroatoms. The summed E-state index contributed by atoms with van der Waals surface area (Å²) in [6.07, 6.45) is 1.17. The summed E-state index contributed by atoms with van der Waals surface area (Å²) >= 11 is 0. The molecule has 3 N–H and O–H groups in total. The van der Waals surface area contributed by atoms with E-state index in [4.69, 9.17) is 19.9 Å². The molecule has 1 saturated heterocycles. The zero-order valence-electron chi connectivity index (χ0n) is 11.1. The van der Waals surface area contributed by atoms with Crippen molar-refractivity contribution < 1.29 is 19.0 Å². The fraction of sp³-hybridized carbons (Fsp3) is 0.500. The Balaban J connectivity index is 1.57. The Kier molecular flexibility index (Phi) is 3.75. The van der Waals surface area contributed by atoms with Crippen molar-refractivity contribution >= 4 is 5.91 Å². The van der Waals surface area contributed by atoms with E-state index in [9.17, 15) is 4.79 Å². The van der Waals surface area contributed by atoms with Crippen LogP contribution >= 0.6 is 0 Å². The zero-order chi connectivity index (χ0) is 13.9. The third-order valence-corrected chi connectivity index (χ3v) is 3.59. The Labute approximate surface area is 117 Å². The SMILES string of the molecule is NC[C@H]1CC[C@@H](C(=O)NCc2cccc3c2OCO3)O1. The molecule has 1 fully saturated rings. The van der Waals surface area contributed by atoms with E-state index in [1.165, 1.54) is 0 Å². The van der Waals surface area contributed by atoms with Gasteiger partial charge in [0, 0.05) is 18.7 Å². The third kappa shape index (κ3) is 2.57. The normalized spacial score (nSPS) is 23.9. The lowest BCUT2D eigenvalue weighted by atomic mass is 10.1. The van der Waals surface area contributed by atoms with Gasteiger partial charge in [0.05, 0.1) is 6.10 Å². The number of fused-ring (bicyclic) bond motifs is 1. The number of carbonyl (C=O) groups is 1. The van der Waals surface area contributed by atoms with Crippen molar-refractivity contribution in [2.24, 2.45) is 5.73 Å². The number of rotatable bonds is 4. The van der Waals surface area contributed by atoms with Crippen LogP contribution in [-0.2, 0) is 16.1 Å². The molecule has 0 aromatic heterocycles. The molecule has 2 heterocycles. The maximum absolute atomic E-state index is 12.0. The number of benzene rings is 1. The molecular weight excluding hydrogens is 260 g/mol. The average Bonchev–Trinajstić information content (AvgIpc) is 3.13. The Morgan fingerprint density at radius 1 is 1.35 bits per heavy atom. The number of hydrogen-bond acceptors (Lipinski definition) is 5. The topological polar surface area (TPSA) is 82.8 Å². The highest BCUT2D eigenvalue weighted by Crippen LogP contribution is 2.35. The van der Waals surface area contributed by atoms with Crippen LogP contribution < -0.4 is 20.5 Å². The van der Waals surface area contributed by atoms with Gasteiger partial charge in [0.2, 0.25) is 12.7 Å². The van der Waals surface area contributed by atoms with Crippen molar-refractivity contribution in [3.8, 4) is 11.5 Å². The van der Waals surface area contributed by atoms with Crippen molar-refractivity contribution in [1.29, 1.82) is 0 Å². The van der Waals surface area contributed by atoms with E-state index in [2.05, 4.69) is 5.32 Å². The van der Waals surface area contributed by atoms with Crippen LogP contribution in [0, 0.1) is 0 Å². The predicted molar refractivity (Wildman–Crippen MR) is 71.4 cm³/mol. The summed E-state index contributed by atoms with van der Waals surface area (Å²) in [7, 11) is 0. The van der Waals surface area contributed by atoms with Crippen molar-refractivity contribution in [2.45, 2.75) is 31.6 Å². The first-order valence-corrected chi connectivity index (χ1v) is 6.78. The van der Waals surface area contributed by atoms with E-state index in [1.54, 1.807) is 0 Å². The molecular formula is C14H18N2O4. The lowest BCUT2D eigenvalue weighted by Gasteiger charge is -2.13. The third-order valence-electron chi connectivity index (χ3n) is 3.59. The largest absolute Gasteiger partial charge is 0.454 e. The minimum atomic E-state index is -0.391. The van der Waals surface area contributed by atoms with Gasteiger partial charge < -0.3 is 25.3 Å². The molecule has 6 nitrogen and oxygen atoms in total. The Morgan fingerprint density at radius 2 is 2.25 bits per heavy atom. The summed E-state index contributed by atoms with van der Waals surface area (Å²) in [5.74, 6) is 1.33. The first kappa shape index (κ1) is 13.2. The van der Waals surface area contributed by atoms with Gasteiger partial charge in [0.1, 0.15) is 6.10 Å². The fourth-order valence-electron chi connectivity index (χ4n) is 2.50. The van der Waals surface area contributed by atoms with Crippen molar-refractivity contribution in [3.63, 3.8) is 0 Å². The van der Waals surface area contributed by atoms with Gasteiger partial charge in [-0.3, -0.25) is 4.79 Å². The van der Waals surface area contributed by atoms with Gasteiger partial charge in [0.15, 0.2) is 11.5 Å². The van der Waals surface area contributed by atoms with Crippen LogP contribution in [0.2, 0.25) is 0 Å². The van der Waals surface area contributed by atoms with Crippen molar-refractivity contribution in [3.05, 3.63) is 23.8 Å². The second kappa shape index (κ2) is 5.68. The van der Waals surface area contributed by atoms with Crippen LogP contribution in [0.15, 0.2) is 18.2 Å². The second-order valence-corrected chi connectivity index (χ2v) is 4.93. The summed E-state index contributed by atoms with van der Waals surface area (Å²) in [6.45, 7) is 1.09. The summed E-state index contributed by atoms with van der Waals surface area (Å²) < 4.78 is 16.3. The standard InChI is InChI=1S/C14H18N2O4/c15-6-10-4-5-12(20-10)14(17)16-7-9-2-1-3-11-13(9)19-8-18-11/h1-3,10,12H,4-8,15H2,(H,16,17)/t10-,12+/m1/s1. The number of para-hydroxylation sites is 1. The monoisotopic (exact) mass is 278 g/mol. The van der Waals surface area contributed by atoms with Crippen molar-refractivity contribution in [2.75, 3.05) is 13.3 Å². The lowest BCUT2D eigenvalue weighted by Crippen LogP contribution is -2.35. The Hall–Kier alpha value is -1.79. The number of nitrogens with two attached hydrogens (primary N) is 1. The number of nitrogens with one attached hydrogen (secondary N) is 1. The highest BCUT2D eigenvalue weighted by molar-refractivity contribution is 5.81. The van der Waals surface area contributed by atoms with Gasteiger partial charge in [-0.15, -0.1) is 0 Å². The van der Waals surface area contributed by atoms with Crippen LogP contribution in [0.4, 0.5) is 0 Å². The van der Waals surface area contributed by atoms with E-state index in [0.717, 1.165) is 24.2 Å². The van der Waals surface area contributed by atoms with Crippen LogP contribution in [0.5, 0.6) is 11.5 Å². The molecule has 2 atom stereocenters. The Morgan fingerprint density at radius 3 is 3.05 bits per heavy atom. The summed E-state index contributed by atoms with van der Waals surface area (Å²) in [4.78, 5) is 12.0. The molecule has 108 valence electrons. The zero-order valence-corrected chi connectivity index (χ0v) is 11.1. The number of ether oxygens (including phenoxy) is 3. The second-order valence-electron chi connectivity index (χ2n) is 4.93. The number of hydrogen-bond donors (Lipinski definition) is 2. The first-order chi connectivity index (χ1) is 9.78. The van der Waals surface area contributed by atoms with E-state index in [-0.39, 0.29) is 18.8 Å². The minimum absolute atomic E-state index is 0.00320. The van der Waals surface area contributed by atoms with E-state index < -0.39 is 6.10 Å². The molecule has 0 unspecified atom stereocenters. The molecule has 3 rings (SSSR count). The lowest BCUT2D eigenvalue weighted by molar-refractivity contribution is -0.132. The van der Waals surface area contributed by atoms with Crippen LogP contribution in [-0.4, -0.2) is 31.5 Å². The quantitative estimate of drug-likeness (QED) is 0.840. The molecule has 20 heavy (non-hydrogen) atoms. The first-order valence-electron chi connectivity index (χ1n) is 6.78. The molecule has 0 bridgehead atoms. The molecule has 1 amide bonds. The molecule has 1 aromatic carbocycles. The highest BCUT2D eigenvalue weighted by atomic mass is 16.7. The fourth-order valence-corrected chi connectivity index (χ4v) is 2.50. The van der Waals surface area contributed by atoms with Crippen molar-refractivity contribution in [1.82, 2.24) is 5.32 Å². The van der Waals surface area contributed by atoms with E-state index in [0.29, 0.717) is 18.8 Å². The van der Waals surface area contributed by atoms with Gasteiger partial charge in [0.25, 0.3) is 0 Å². The molecule has 2 aliphatic heterocycles. The molecule has 0 spiro atoms. The maximum Gasteiger partial charge on any atom is 0.249 e. The average molecular weight is 278 g/mol. The summed E-state index contributed by atoms with van der Waals surface area (Å²) in [5, 5.41) is 2.87.